The number of anilines is 1. The van der Waals surface area contributed by atoms with Crippen LogP contribution in [0.25, 0.3) is 0 Å². The van der Waals surface area contributed by atoms with Crippen molar-refractivity contribution in [2.45, 2.75) is 38.8 Å². The van der Waals surface area contributed by atoms with E-state index in [1.165, 1.54) is 0 Å². The van der Waals surface area contributed by atoms with Crippen molar-refractivity contribution in [1.29, 1.82) is 0 Å². The number of carbonyl (C=O) groups excluding carboxylic acids is 2. The molecule has 5 N–H and O–H groups in total. The largest absolute Gasteiger partial charge is 0.471 e. The van der Waals surface area contributed by atoms with Crippen LogP contribution >= 0.6 is 11.5 Å². The number of benzene rings is 1. The summed E-state index contributed by atoms with van der Waals surface area (Å²) in [5.74, 6) is -2.20. The van der Waals surface area contributed by atoms with Crippen molar-refractivity contribution in [1.82, 2.24) is 15.0 Å². The van der Waals surface area contributed by atoms with E-state index < -0.39 is 23.6 Å². The smallest absolute Gasteiger partial charge is 0.319 e. The monoisotopic (exact) mass is 483 g/mol. The standard InChI is InChI=1S/C21H27F2N5O4S/c1-2-12-8-16(23)13(9-15(12)22)10-32-19-17(18(24)29)20(33-28-19)27-21(30)26-5-3-4-14-11-31-7-6-25-14/h8-9,14,25H,2-7,10-11H2,1H3,(H2,24,29)(H2,26,27,30). The van der Waals surface area contributed by atoms with Gasteiger partial charge in [-0.1, -0.05) is 6.92 Å². The molecule has 1 aromatic heterocycles. The molecule has 1 atom stereocenters. The molecule has 2 aromatic rings. The van der Waals surface area contributed by atoms with E-state index in [2.05, 4.69) is 20.3 Å². The van der Waals surface area contributed by atoms with Gasteiger partial charge in [-0.15, -0.1) is 0 Å². The number of hydrogen-bond donors (Lipinski definition) is 4. The summed E-state index contributed by atoms with van der Waals surface area (Å²) < 4.78 is 43.0. The summed E-state index contributed by atoms with van der Waals surface area (Å²) >= 11 is 0.801. The van der Waals surface area contributed by atoms with Crippen molar-refractivity contribution >= 4 is 28.5 Å². The lowest BCUT2D eigenvalue weighted by Gasteiger charge is -2.23. The minimum Gasteiger partial charge on any atom is -0.471 e. The second-order valence-electron chi connectivity index (χ2n) is 7.48. The van der Waals surface area contributed by atoms with Gasteiger partial charge in [0.05, 0.1) is 13.2 Å². The van der Waals surface area contributed by atoms with Gasteiger partial charge < -0.3 is 25.8 Å². The summed E-state index contributed by atoms with van der Waals surface area (Å²) in [5, 5.41) is 8.68. The first-order valence-corrected chi connectivity index (χ1v) is 11.4. The van der Waals surface area contributed by atoms with Crippen LogP contribution in [0.2, 0.25) is 0 Å². The number of aryl methyl sites for hydroxylation is 1. The van der Waals surface area contributed by atoms with E-state index in [4.69, 9.17) is 15.2 Å². The fourth-order valence-corrected chi connectivity index (χ4v) is 4.07. The number of halogens is 2. The number of hydrogen-bond acceptors (Lipinski definition) is 7. The number of rotatable bonds is 10. The summed E-state index contributed by atoms with van der Waals surface area (Å²) in [6, 6.07) is 1.90. The number of ether oxygens (including phenoxy) is 2. The van der Waals surface area contributed by atoms with Gasteiger partial charge in [0, 0.05) is 24.7 Å². The third-order valence-corrected chi connectivity index (χ3v) is 5.85. The molecule has 1 aromatic carbocycles. The van der Waals surface area contributed by atoms with Crippen molar-refractivity contribution in [3.8, 4) is 5.88 Å². The third-order valence-electron chi connectivity index (χ3n) is 5.11. The van der Waals surface area contributed by atoms with Crippen LogP contribution in [0.1, 0.15) is 41.3 Å². The van der Waals surface area contributed by atoms with E-state index in [-0.39, 0.29) is 40.2 Å². The van der Waals surface area contributed by atoms with Crippen molar-refractivity contribution in [2.75, 3.05) is 31.6 Å². The van der Waals surface area contributed by atoms with Crippen LogP contribution in [0.3, 0.4) is 0 Å². The quantitative estimate of drug-likeness (QED) is 0.385. The van der Waals surface area contributed by atoms with Crippen molar-refractivity contribution in [3.63, 3.8) is 0 Å². The molecule has 0 spiro atoms. The van der Waals surface area contributed by atoms with E-state index in [9.17, 15) is 18.4 Å². The number of primary amides is 1. The van der Waals surface area contributed by atoms with E-state index in [1.54, 1.807) is 6.92 Å². The minimum absolute atomic E-state index is 0.0294. The minimum atomic E-state index is -0.870. The molecule has 2 heterocycles. The number of carbonyl (C=O) groups is 2. The maximum atomic E-state index is 14.2. The Kier molecular flexibility index (Phi) is 8.92. The van der Waals surface area contributed by atoms with Gasteiger partial charge in [0.2, 0.25) is 5.88 Å². The lowest BCUT2D eigenvalue weighted by Crippen LogP contribution is -2.41. The summed E-state index contributed by atoms with van der Waals surface area (Å²) in [7, 11) is 0. The molecule has 0 bridgehead atoms. The molecule has 3 amide bonds. The maximum Gasteiger partial charge on any atom is 0.319 e. The summed E-state index contributed by atoms with van der Waals surface area (Å²) in [6.07, 6.45) is 1.94. The van der Waals surface area contributed by atoms with Gasteiger partial charge in [0.25, 0.3) is 5.91 Å². The Hall–Kier alpha value is -2.83. The van der Waals surface area contributed by atoms with Crippen molar-refractivity contribution in [2.24, 2.45) is 5.73 Å². The van der Waals surface area contributed by atoms with Crippen LogP contribution in [-0.2, 0) is 17.8 Å². The third kappa shape index (κ3) is 6.83. The molecule has 0 radical (unpaired) electrons. The molecule has 1 unspecified atom stereocenters. The first kappa shape index (κ1) is 24.8. The zero-order chi connectivity index (χ0) is 23.8. The number of amides is 3. The molecule has 9 nitrogen and oxygen atoms in total. The lowest BCUT2D eigenvalue weighted by atomic mass is 10.1. The predicted octanol–water partition coefficient (Wildman–Crippen LogP) is 2.55. The Balaban J connectivity index is 1.55. The highest BCUT2D eigenvalue weighted by Crippen LogP contribution is 2.31. The molecule has 180 valence electrons. The number of nitrogens with two attached hydrogens (primary N) is 1. The Morgan fingerprint density at radius 3 is 2.79 bits per heavy atom. The van der Waals surface area contributed by atoms with Gasteiger partial charge in [-0.2, -0.15) is 4.37 Å². The molecular weight excluding hydrogens is 456 g/mol. The Labute approximate surface area is 194 Å². The Morgan fingerprint density at radius 1 is 1.33 bits per heavy atom. The maximum absolute atomic E-state index is 14.2. The molecule has 0 saturated carbocycles. The molecule has 33 heavy (non-hydrogen) atoms. The molecule has 1 aliphatic heterocycles. The van der Waals surface area contributed by atoms with E-state index in [0.717, 1.165) is 43.1 Å². The summed E-state index contributed by atoms with van der Waals surface area (Å²) in [5.41, 5.74) is 5.51. The van der Waals surface area contributed by atoms with Crippen LogP contribution in [0, 0.1) is 11.6 Å². The van der Waals surface area contributed by atoms with Gasteiger partial charge in [-0.05, 0) is 48.5 Å². The average Bonchev–Trinajstić information content (AvgIpc) is 3.20. The summed E-state index contributed by atoms with van der Waals surface area (Å²) in [6.45, 7) is 3.96. The molecule has 1 fully saturated rings. The number of aromatic nitrogens is 1. The van der Waals surface area contributed by atoms with E-state index >= 15 is 0 Å². The highest BCUT2D eigenvalue weighted by molar-refractivity contribution is 7.11. The Bertz CT molecular complexity index is 982. The van der Waals surface area contributed by atoms with Crippen LogP contribution < -0.4 is 26.4 Å². The lowest BCUT2D eigenvalue weighted by molar-refractivity contribution is 0.0737. The molecule has 1 aliphatic rings. The van der Waals surface area contributed by atoms with Crippen LogP contribution in [0.5, 0.6) is 5.88 Å². The second-order valence-corrected chi connectivity index (χ2v) is 8.26. The first-order chi connectivity index (χ1) is 15.9. The molecule has 1 saturated heterocycles. The summed E-state index contributed by atoms with van der Waals surface area (Å²) in [4.78, 5) is 24.1. The first-order valence-electron chi connectivity index (χ1n) is 10.6. The van der Waals surface area contributed by atoms with Crippen molar-refractivity contribution < 1.29 is 27.8 Å². The van der Waals surface area contributed by atoms with E-state index in [0.29, 0.717) is 26.2 Å². The normalized spacial score (nSPS) is 15.8. The highest BCUT2D eigenvalue weighted by Gasteiger charge is 2.22. The van der Waals surface area contributed by atoms with Crippen LogP contribution in [-0.4, -0.2) is 48.7 Å². The molecule has 0 aliphatic carbocycles. The van der Waals surface area contributed by atoms with Gasteiger partial charge >= 0.3 is 6.03 Å². The zero-order valence-corrected chi connectivity index (χ0v) is 19.0. The number of nitrogens with one attached hydrogen (secondary N) is 3. The number of morpholine rings is 1. The fraction of sp³-hybridized carbons (Fsp3) is 0.476. The van der Waals surface area contributed by atoms with Gasteiger partial charge in [0.1, 0.15) is 28.8 Å². The Morgan fingerprint density at radius 2 is 2.09 bits per heavy atom. The number of urea groups is 1. The zero-order valence-electron chi connectivity index (χ0n) is 18.2. The van der Waals surface area contributed by atoms with Crippen molar-refractivity contribution in [3.05, 3.63) is 40.5 Å². The van der Waals surface area contributed by atoms with Gasteiger partial charge in [-0.25, -0.2) is 13.6 Å². The van der Waals surface area contributed by atoms with Crippen LogP contribution in [0.4, 0.5) is 18.6 Å². The molecule has 3 rings (SSSR count). The van der Waals surface area contributed by atoms with Gasteiger partial charge in [-0.3, -0.25) is 10.1 Å². The average molecular weight is 484 g/mol. The van der Waals surface area contributed by atoms with Crippen LogP contribution in [0.15, 0.2) is 12.1 Å². The number of nitrogens with zero attached hydrogens (tertiary/aromatic N) is 1. The SMILES string of the molecule is CCc1cc(F)c(COc2nsc(NC(=O)NCCCC3COCCN3)c2C(N)=O)cc1F. The van der Waals surface area contributed by atoms with Gasteiger partial charge in [0.15, 0.2) is 0 Å². The van der Waals surface area contributed by atoms with E-state index in [1.807, 2.05) is 0 Å². The topological polar surface area (TPSA) is 128 Å². The fourth-order valence-electron chi connectivity index (χ4n) is 3.34. The predicted molar refractivity (Wildman–Crippen MR) is 120 cm³/mol. The molecular formula is C21H27F2N5O4S. The molecule has 12 heteroatoms. The second kappa shape index (κ2) is 11.9. The highest BCUT2D eigenvalue weighted by atomic mass is 32.1.